The van der Waals surface area contributed by atoms with Crippen molar-refractivity contribution in [1.82, 2.24) is 0 Å². The lowest BCUT2D eigenvalue weighted by Crippen LogP contribution is -1.79. The first-order valence-electron chi connectivity index (χ1n) is 4.02. The monoisotopic (exact) mass is 169 g/mol. The van der Waals surface area contributed by atoms with Crippen LogP contribution in [0.2, 0.25) is 0 Å². The lowest BCUT2D eigenvalue weighted by molar-refractivity contribution is 1.67. The van der Waals surface area contributed by atoms with E-state index in [2.05, 4.69) is 12.1 Å². The highest BCUT2D eigenvalue weighted by Gasteiger charge is 1.72. The number of nitrogen functional groups attached to an aromatic ring is 1. The van der Waals surface area contributed by atoms with Crippen LogP contribution in [0.3, 0.4) is 0 Å². The smallest absolute Gasteiger partial charge is 0.0314 e. The fraction of sp³-hybridized carbons (Fsp3) is 0. The largest absolute Gasteiger partial charge is 0.399 e. The lowest BCUT2D eigenvalue weighted by atomic mass is 10.3. The predicted molar refractivity (Wildman–Crippen MR) is 55.0 cm³/mol. The van der Waals surface area contributed by atoms with Crippen LogP contribution in [0.25, 0.3) is 0 Å². The second-order valence-electron chi connectivity index (χ2n) is 2.41. The van der Waals surface area contributed by atoms with E-state index in [-0.39, 0.29) is 0 Å². The van der Waals surface area contributed by atoms with Gasteiger partial charge in [0.05, 0.1) is 0 Å². The third-order valence-corrected chi connectivity index (χ3v) is 1.35. The highest BCUT2D eigenvalue weighted by molar-refractivity contribution is 5.35. The van der Waals surface area contributed by atoms with Crippen molar-refractivity contribution in [2.24, 2.45) is 0 Å². The molecule has 0 unspecified atom stereocenters. The number of benzene rings is 2. The van der Waals surface area contributed by atoms with Gasteiger partial charge in [0.1, 0.15) is 0 Å². The van der Waals surface area contributed by atoms with Crippen LogP contribution < -0.4 is 5.73 Å². The molecule has 0 aromatic heterocycles. The van der Waals surface area contributed by atoms with Crippen LogP contribution in [0, 0.1) is 12.1 Å². The Morgan fingerprint density at radius 1 is 0.769 bits per heavy atom. The van der Waals surface area contributed by atoms with E-state index in [4.69, 9.17) is 5.73 Å². The van der Waals surface area contributed by atoms with Crippen LogP contribution in [0.1, 0.15) is 0 Å². The fourth-order valence-electron chi connectivity index (χ4n) is 0.742. The Hall–Kier alpha value is -1.76. The van der Waals surface area contributed by atoms with Crippen molar-refractivity contribution in [2.75, 3.05) is 5.73 Å². The van der Waals surface area contributed by atoms with Gasteiger partial charge in [-0.15, -0.1) is 0 Å². The molecule has 0 aliphatic heterocycles. The molecule has 0 saturated heterocycles. The summed E-state index contributed by atoms with van der Waals surface area (Å²) in [7, 11) is 0. The lowest BCUT2D eigenvalue weighted by Gasteiger charge is -1.83. The van der Waals surface area contributed by atoms with E-state index in [0.717, 1.165) is 5.69 Å². The molecule has 0 fully saturated rings. The molecule has 1 heteroatoms. The van der Waals surface area contributed by atoms with Gasteiger partial charge >= 0.3 is 0 Å². The van der Waals surface area contributed by atoms with E-state index in [9.17, 15) is 0 Å². The van der Waals surface area contributed by atoms with Crippen LogP contribution in [0.5, 0.6) is 0 Å². The Balaban J connectivity index is 0.000000132. The van der Waals surface area contributed by atoms with Gasteiger partial charge in [-0.3, -0.25) is 0 Å². The molecule has 0 atom stereocenters. The van der Waals surface area contributed by atoms with Crippen molar-refractivity contribution < 1.29 is 0 Å². The highest BCUT2D eigenvalue weighted by atomic mass is 14.5. The third kappa shape index (κ3) is 4.64. The average Bonchev–Trinajstić information content (AvgIpc) is 2.22. The van der Waals surface area contributed by atoms with Crippen LogP contribution >= 0.6 is 0 Å². The first kappa shape index (κ1) is 9.33. The topological polar surface area (TPSA) is 26.0 Å². The molecular formula is C12H11N. The van der Waals surface area contributed by atoms with Crippen molar-refractivity contribution in [3.05, 3.63) is 66.7 Å². The normalized spacial score (nSPS) is 8.31. The standard InChI is InChI=1S/C6H6N.C6H5/c7-6-4-2-1-3-5-6;1-2-4-6-5-3-1/h2-5H,7H2;1-5H. The number of anilines is 1. The molecule has 0 amide bonds. The summed E-state index contributed by atoms with van der Waals surface area (Å²) < 4.78 is 0. The fourth-order valence-corrected chi connectivity index (χ4v) is 0.742. The van der Waals surface area contributed by atoms with Gasteiger partial charge in [-0.2, -0.15) is 0 Å². The molecule has 0 aliphatic carbocycles. The van der Waals surface area contributed by atoms with Crippen molar-refractivity contribution in [1.29, 1.82) is 0 Å². The maximum Gasteiger partial charge on any atom is 0.0314 e. The minimum absolute atomic E-state index is 0.791. The molecule has 1 nitrogen and oxygen atoms in total. The average molecular weight is 169 g/mol. The molecular weight excluding hydrogens is 158 g/mol. The van der Waals surface area contributed by atoms with Crippen molar-refractivity contribution in [2.45, 2.75) is 0 Å². The van der Waals surface area contributed by atoms with Crippen molar-refractivity contribution in [3.8, 4) is 0 Å². The molecule has 0 saturated carbocycles. The van der Waals surface area contributed by atoms with Crippen LogP contribution in [0.4, 0.5) is 5.69 Å². The zero-order chi connectivity index (χ0) is 9.36. The van der Waals surface area contributed by atoms with E-state index in [1.165, 1.54) is 0 Å². The van der Waals surface area contributed by atoms with Gasteiger partial charge in [0.15, 0.2) is 0 Å². The molecule has 2 N–H and O–H groups in total. The Morgan fingerprint density at radius 3 is 1.54 bits per heavy atom. The molecule has 64 valence electrons. The summed E-state index contributed by atoms with van der Waals surface area (Å²) in [5, 5.41) is 0. The second kappa shape index (κ2) is 5.84. The van der Waals surface area contributed by atoms with E-state index in [1.54, 1.807) is 24.3 Å². The summed E-state index contributed by atoms with van der Waals surface area (Å²) >= 11 is 0. The minimum Gasteiger partial charge on any atom is -0.399 e. The van der Waals surface area contributed by atoms with Gasteiger partial charge in [-0.1, -0.05) is 42.5 Å². The van der Waals surface area contributed by atoms with Crippen LogP contribution in [0.15, 0.2) is 54.6 Å². The molecule has 0 spiro atoms. The number of hydrogen-bond acceptors (Lipinski definition) is 1. The Bertz CT molecular complexity index is 276. The first-order chi connectivity index (χ1) is 6.39. The van der Waals surface area contributed by atoms with Crippen molar-refractivity contribution >= 4 is 5.69 Å². The maximum absolute atomic E-state index is 5.34. The maximum atomic E-state index is 5.34. The molecule has 13 heavy (non-hydrogen) atoms. The molecule has 2 radical (unpaired) electrons. The van der Waals surface area contributed by atoms with Gasteiger partial charge in [0, 0.05) is 5.69 Å². The predicted octanol–water partition coefficient (Wildman–Crippen LogP) is 2.56. The summed E-state index contributed by atoms with van der Waals surface area (Å²) in [4.78, 5) is 0. The Kier molecular flexibility index (Phi) is 4.19. The highest BCUT2D eigenvalue weighted by Crippen LogP contribution is 1.95. The molecule has 0 heterocycles. The summed E-state index contributed by atoms with van der Waals surface area (Å²) in [6.07, 6.45) is 0. The minimum atomic E-state index is 0.791. The quantitative estimate of drug-likeness (QED) is 0.602. The van der Waals surface area contributed by atoms with Gasteiger partial charge in [0.25, 0.3) is 0 Å². The zero-order valence-electron chi connectivity index (χ0n) is 7.27. The number of hydrogen-bond donors (Lipinski definition) is 1. The van der Waals surface area contributed by atoms with E-state index in [1.807, 2.05) is 30.3 Å². The van der Waals surface area contributed by atoms with E-state index >= 15 is 0 Å². The number of nitrogens with two attached hydrogens (primary N) is 1. The van der Waals surface area contributed by atoms with Crippen LogP contribution in [-0.2, 0) is 0 Å². The summed E-state index contributed by atoms with van der Waals surface area (Å²) in [6, 6.07) is 22.5. The molecule has 0 aliphatic rings. The van der Waals surface area contributed by atoms with Gasteiger partial charge in [0.2, 0.25) is 0 Å². The van der Waals surface area contributed by atoms with Gasteiger partial charge in [-0.05, 0) is 24.3 Å². The molecule has 2 aromatic rings. The van der Waals surface area contributed by atoms with E-state index < -0.39 is 0 Å². The zero-order valence-corrected chi connectivity index (χ0v) is 7.27. The number of rotatable bonds is 0. The Morgan fingerprint density at radius 2 is 1.31 bits per heavy atom. The first-order valence-corrected chi connectivity index (χ1v) is 4.02. The SMILES string of the molecule is Nc1cc[c]cc1.[c]1ccccc1. The third-order valence-electron chi connectivity index (χ3n) is 1.35. The molecule has 0 bridgehead atoms. The Labute approximate surface area is 78.8 Å². The molecule has 2 aromatic carbocycles. The summed E-state index contributed by atoms with van der Waals surface area (Å²) in [6.45, 7) is 0. The second-order valence-corrected chi connectivity index (χ2v) is 2.41. The summed E-state index contributed by atoms with van der Waals surface area (Å²) in [5.41, 5.74) is 6.13. The van der Waals surface area contributed by atoms with E-state index in [0.29, 0.717) is 0 Å². The molecule has 2 rings (SSSR count). The van der Waals surface area contributed by atoms with Crippen molar-refractivity contribution in [3.63, 3.8) is 0 Å². The van der Waals surface area contributed by atoms with Crippen LogP contribution in [-0.4, -0.2) is 0 Å². The van der Waals surface area contributed by atoms with Gasteiger partial charge in [-0.25, -0.2) is 0 Å². The summed E-state index contributed by atoms with van der Waals surface area (Å²) in [5.74, 6) is 0. The van der Waals surface area contributed by atoms with Gasteiger partial charge < -0.3 is 5.73 Å².